The van der Waals surface area contributed by atoms with E-state index in [1.165, 1.54) is 24.0 Å². The monoisotopic (exact) mass is 246 g/mol. The van der Waals surface area contributed by atoms with Crippen LogP contribution in [0.25, 0.3) is 0 Å². The van der Waals surface area contributed by atoms with Crippen molar-refractivity contribution in [2.24, 2.45) is 5.73 Å². The van der Waals surface area contributed by atoms with Crippen LogP contribution >= 0.6 is 0 Å². The van der Waals surface area contributed by atoms with Gasteiger partial charge in [-0.25, -0.2) is 0 Å². The Morgan fingerprint density at radius 2 is 2.22 bits per heavy atom. The number of fused-ring (bicyclic) bond motifs is 1. The molecule has 0 unspecified atom stereocenters. The van der Waals surface area contributed by atoms with Crippen LogP contribution in [0.15, 0.2) is 18.2 Å². The van der Waals surface area contributed by atoms with Crippen molar-refractivity contribution in [3.8, 4) is 5.75 Å². The molecule has 3 nitrogen and oxygen atoms in total. The highest BCUT2D eigenvalue weighted by molar-refractivity contribution is 5.39. The molecular formula is C15H22N2O. The number of hydrogen-bond acceptors (Lipinski definition) is 3. The molecule has 3 rings (SSSR count). The maximum Gasteiger partial charge on any atom is 0.122 e. The van der Waals surface area contributed by atoms with E-state index in [1.54, 1.807) is 0 Å². The first-order valence-corrected chi connectivity index (χ1v) is 6.87. The standard InChI is InChI=1S/C15H22N2O/c1-17(11-15(16)6-7-15)8-4-12-2-3-14-13(10-12)5-9-18-14/h2-3,10H,4-9,11,16H2,1H3. The molecule has 0 atom stereocenters. The number of ether oxygens (including phenoxy) is 1. The summed E-state index contributed by atoms with van der Waals surface area (Å²) >= 11 is 0. The van der Waals surface area contributed by atoms with Gasteiger partial charge in [-0.15, -0.1) is 0 Å². The molecule has 98 valence electrons. The van der Waals surface area contributed by atoms with Crippen molar-refractivity contribution in [1.29, 1.82) is 0 Å². The lowest BCUT2D eigenvalue weighted by atomic mass is 10.1. The number of benzene rings is 1. The van der Waals surface area contributed by atoms with E-state index in [4.69, 9.17) is 10.5 Å². The van der Waals surface area contributed by atoms with Crippen LogP contribution in [0.1, 0.15) is 24.0 Å². The third-order valence-electron chi connectivity index (χ3n) is 4.01. The largest absolute Gasteiger partial charge is 0.493 e. The molecule has 0 spiro atoms. The van der Waals surface area contributed by atoms with Gasteiger partial charge in [0, 0.05) is 25.0 Å². The Labute approximate surface area is 109 Å². The summed E-state index contributed by atoms with van der Waals surface area (Å²) in [5.41, 5.74) is 9.04. The van der Waals surface area contributed by atoms with Gasteiger partial charge in [0.2, 0.25) is 0 Å². The first-order valence-electron chi connectivity index (χ1n) is 6.87. The third kappa shape index (κ3) is 2.68. The van der Waals surface area contributed by atoms with Crippen molar-refractivity contribution >= 4 is 0 Å². The van der Waals surface area contributed by atoms with Crippen molar-refractivity contribution in [2.75, 3.05) is 26.7 Å². The zero-order valence-corrected chi connectivity index (χ0v) is 11.1. The summed E-state index contributed by atoms with van der Waals surface area (Å²) in [4.78, 5) is 2.36. The summed E-state index contributed by atoms with van der Waals surface area (Å²) in [7, 11) is 2.17. The minimum Gasteiger partial charge on any atom is -0.493 e. The molecule has 1 fully saturated rings. The number of nitrogens with two attached hydrogens (primary N) is 1. The molecule has 2 N–H and O–H groups in total. The number of likely N-dealkylation sites (N-methyl/N-ethyl adjacent to an activating group) is 1. The average molecular weight is 246 g/mol. The summed E-state index contributed by atoms with van der Waals surface area (Å²) < 4.78 is 5.53. The van der Waals surface area contributed by atoms with Crippen molar-refractivity contribution < 1.29 is 4.74 Å². The van der Waals surface area contributed by atoms with Crippen LogP contribution in [0.2, 0.25) is 0 Å². The lowest BCUT2D eigenvalue weighted by Crippen LogP contribution is -2.38. The predicted octanol–water partition coefficient (Wildman–Crippen LogP) is 1.59. The van der Waals surface area contributed by atoms with Crippen LogP contribution < -0.4 is 10.5 Å². The van der Waals surface area contributed by atoms with E-state index < -0.39 is 0 Å². The molecule has 0 radical (unpaired) electrons. The zero-order valence-electron chi connectivity index (χ0n) is 11.1. The minimum atomic E-state index is 0.126. The van der Waals surface area contributed by atoms with Crippen LogP contribution in [0, 0.1) is 0 Å². The van der Waals surface area contributed by atoms with Gasteiger partial charge in [0.05, 0.1) is 6.61 Å². The molecule has 1 heterocycles. The minimum absolute atomic E-state index is 0.126. The summed E-state index contributed by atoms with van der Waals surface area (Å²) in [6, 6.07) is 6.60. The van der Waals surface area contributed by atoms with Crippen LogP contribution in [-0.2, 0) is 12.8 Å². The highest BCUT2D eigenvalue weighted by Crippen LogP contribution is 2.32. The Hall–Kier alpha value is -1.06. The second kappa shape index (κ2) is 4.56. The molecule has 0 bridgehead atoms. The molecule has 0 saturated heterocycles. The fourth-order valence-corrected chi connectivity index (χ4v) is 2.65. The number of nitrogens with zero attached hydrogens (tertiary/aromatic N) is 1. The lowest BCUT2D eigenvalue weighted by molar-refractivity contribution is 0.306. The van der Waals surface area contributed by atoms with E-state index >= 15 is 0 Å². The lowest BCUT2D eigenvalue weighted by Gasteiger charge is -2.20. The maximum atomic E-state index is 6.13. The van der Waals surface area contributed by atoms with Gasteiger partial charge in [0.15, 0.2) is 0 Å². The fourth-order valence-electron chi connectivity index (χ4n) is 2.65. The normalized spacial score (nSPS) is 19.7. The highest BCUT2D eigenvalue weighted by Gasteiger charge is 2.38. The number of hydrogen-bond donors (Lipinski definition) is 1. The summed E-state index contributed by atoms with van der Waals surface area (Å²) in [6.07, 6.45) is 4.53. The van der Waals surface area contributed by atoms with E-state index in [9.17, 15) is 0 Å². The van der Waals surface area contributed by atoms with Gasteiger partial charge in [0.25, 0.3) is 0 Å². The quantitative estimate of drug-likeness (QED) is 0.857. The molecule has 1 saturated carbocycles. The maximum absolute atomic E-state index is 6.13. The van der Waals surface area contributed by atoms with E-state index in [1.807, 2.05) is 0 Å². The molecule has 0 aromatic heterocycles. The molecule has 18 heavy (non-hydrogen) atoms. The first kappa shape index (κ1) is 12.0. The van der Waals surface area contributed by atoms with Crippen molar-refractivity contribution in [3.63, 3.8) is 0 Å². The average Bonchev–Trinajstić information content (AvgIpc) is 2.91. The van der Waals surface area contributed by atoms with E-state index in [2.05, 4.69) is 30.1 Å². The molecule has 1 aliphatic heterocycles. The van der Waals surface area contributed by atoms with Gasteiger partial charge >= 0.3 is 0 Å². The topological polar surface area (TPSA) is 38.5 Å². The van der Waals surface area contributed by atoms with E-state index in [0.717, 1.165) is 38.3 Å². The highest BCUT2D eigenvalue weighted by atomic mass is 16.5. The second-order valence-electron chi connectivity index (χ2n) is 5.89. The number of rotatable bonds is 5. The van der Waals surface area contributed by atoms with Crippen LogP contribution in [0.3, 0.4) is 0 Å². The van der Waals surface area contributed by atoms with Gasteiger partial charge in [-0.2, -0.15) is 0 Å². The summed E-state index contributed by atoms with van der Waals surface area (Å²) in [6.45, 7) is 2.95. The Bertz CT molecular complexity index is 440. The first-order chi connectivity index (χ1) is 8.65. The van der Waals surface area contributed by atoms with Gasteiger partial charge in [0.1, 0.15) is 5.75 Å². The van der Waals surface area contributed by atoms with Crippen LogP contribution in [0.5, 0.6) is 5.75 Å². The van der Waals surface area contributed by atoms with Crippen molar-refractivity contribution in [2.45, 2.75) is 31.2 Å². The zero-order chi connectivity index (χ0) is 12.6. The molecule has 2 aliphatic rings. The fraction of sp³-hybridized carbons (Fsp3) is 0.600. The van der Waals surface area contributed by atoms with Gasteiger partial charge in [-0.3, -0.25) is 0 Å². The van der Waals surface area contributed by atoms with Gasteiger partial charge < -0.3 is 15.4 Å². The third-order valence-corrected chi connectivity index (χ3v) is 4.01. The van der Waals surface area contributed by atoms with Crippen LogP contribution in [-0.4, -0.2) is 37.2 Å². The summed E-state index contributed by atoms with van der Waals surface area (Å²) in [5.74, 6) is 1.07. The Balaban J connectivity index is 1.53. The van der Waals surface area contributed by atoms with Crippen molar-refractivity contribution in [3.05, 3.63) is 29.3 Å². The Morgan fingerprint density at radius 3 is 3.00 bits per heavy atom. The van der Waals surface area contributed by atoms with Gasteiger partial charge in [-0.05, 0) is 43.5 Å². The smallest absolute Gasteiger partial charge is 0.122 e. The summed E-state index contributed by atoms with van der Waals surface area (Å²) in [5, 5.41) is 0. The van der Waals surface area contributed by atoms with Crippen molar-refractivity contribution in [1.82, 2.24) is 4.90 Å². The van der Waals surface area contributed by atoms with E-state index in [0.29, 0.717) is 0 Å². The molecule has 1 aliphatic carbocycles. The molecular weight excluding hydrogens is 224 g/mol. The second-order valence-corrected chi connectivity index (χ2v) is 5.89. The van der Waals surface area contributed by atoms with Gasteiger partial charge in [-0.1, -0.05) is 12.1 Å². The Morgan fingerprint density at radius 1 is 1.39 bits per heavy atom. The van der Waals surface area contributed by atoms with Crippen LogP contribution in [0.4, 0.5) is 0 Å². The van der Waals surface area contributed by atoms with E-state index in [-0.39, 0.29) is 5.54 Å². The molecule has 1 aromatic rings. The predicted molar refractivity (Wildman–Crippen MR) is 73.0 cm³/mol. The molecule has 1 aromatic carbocycles. The molecule has 3 heteroatoms. The SMILES string of the molecule is CN(CCc1ccc2c(c1)CCO2)CC1(N)CC1. The molecule has 0 amide bonds. The Kier molecular flexibility index (Phi) is 3.04.